The highest BCUT2D eigenvalue weighted by atomic mass is 79.9. The van der Waals surface area contributed by atoms with E-state index in [1.54, 1.807) is 23.5 Å². The fraction of sp³-hybridized carbons (Fsp3) is 0.211. The van der Waals surface area contributed by atoms with Crippen molar-refractivity contribution < 1.29 is 4.42 Å². The van der Waals surface area contributed by atoms with Gasteiger partial charge < -0.3 is 9.40 Å². The lowest BCUT2D eigenvalue weighted by Crippen LogP contribution is -2.14. The molecule has 3 heterocycles. The number of fused-ring (bicyclic) bond motifs is 4. The van der Waals surface area contributed by atoms with Gasteiger partial charge in [0.15, 0.2) is 0 Å². The molecule has 1 aromatic carbocycles. The van der Waals surface area contributed by atoms with Gasteiger partial charge in [0.25, 0.3) is 5.56 Å². The predicted molar refractivity (Wildman–Crippen MR) is 106 cm³/mol. The molecule has 0 amide bonds. The Bertz CT molecular complexity index is 1300. The van der Waals surface area contributed by atoms with Gasteiger partial charge in [0.05, 0.1) is 5.39 Å². The second-order valence-electron chi connectivity index (χ2n) is 6.44. The van der Waals surface area contributed by atoms with Crippen molar-refractivity contribution in [2.24, 2.45) is 0 Å². The van der Waals surface area contributed by atoms with E-state index in [2.05, 4.69) is 25.9 Å². The molecule has 0 spiro atoms. The summed E-state index contributed by atoms with van der Waals surface area (Å²) in [6, 6.07) is 7.12. The van der Waals surface area contributed by atoms with Crippen molar-refractivity contribution in [1.29, 1.82) is 0 Å². The van der Waals surface area contributed by atoms with Gasteiger partial charge in [-0.15, -0.1) is 11.3 Å². The minimum atomic E-state index is -0.511. The quantitative estimate of drug-likeness (QED) is 0.455. The van der Waals surface area contributed by atoms with Crippen molar-refractivity contribution in [3.63, 3.8) is 0 Å². The van der Waals surface area contributed by atoms with Crippen LogP contribution in [0.4, 0.5) is 0 Å². The van der Waals surface area contributed by atoms with Crippen LogP contribution >= 0.6 is 27.3 Å². The van der Waals surface area contributed by atoms with E-state index in [0.29, 0.717) is 15.8 Å². The van der Waals surface area contributed by atoms with Crippen LogP contribution in [0.1, 0.15) is 23.3 Å². The fourth-order valence-corrected chi connectivity index (χ4v) is 5.19. The topological polar surface area (TPSA) is 76.0 Å². The van der Waals surface area contributed by atoms with Gasteiger partial charge >= 0.3 is 5.63 Å². The van der Waals surface area contributed by atoms with E-state index in [9.17, 15) is 9.59 Å². The van der Waals surface area contributed by atoms with E-state index in [1.807, 2.05) is 12.1 Å². The minimum Gasteiger partial charge on any atom is -0.422 e. The third-order valence-corrected chi connectivity index (χ3v) is 6.45. The second-order valence-corrected chi connectivity index (χ2v) is 8.43. The van der Waals surface area contributed by atoms with Crippen molar-refractivity contribution in [3.05, 3.63) is 60.0 Å². The molecule has 1 aliphatic rings. The van der Waals surface area contributed by atoms with Crippen molar-refractivity contribution in [2.45, 2.75) is 25.7 Å². The van der Waals surface area contributed by atoms with Gasteiger partial charge in [-0.1, -0.05) is 15.9 Å². The van der Waals surface area contributed by atoms with Crippen LogP contribution in [-0.2, 0) is 12.8 Å². The molecule has 3 aromatic heterocycles. The monoisotopic (exact) mass is 428 g/mol. The summed E-state index contributed by atoms with van der Waals surface area (Å²) >= 11 is 4.98. The van der Waals surface area contributed by atoms with E-state index in [4.69, 9.17) is 4.42 Å². The molecular formula is C19H13BrN2O3S. The van der Waals surface area contributed by atoms with Crippen LogP contribution in [0.3, 0.4) is 0 Å². The van der Waals surface area contributed by atoms with Crippen LogP contribution in [0.15, 0.2) is 42.7 Å². The van der Waals surface area contributed by atoms with E-state index < -0.39 is 5.63 Å². The number of hydrogen-bond donors (Lipinski definition) is 1. The molecule has 26 heavy (non-hydrogen) atoms. The zero-order valence-corrected chi connectivity index (χ0v) is 16.0. The number of hydrogen-bond acceptors (Lipinski definition) is 5. The van der Waals surface area contributed by atoms with Gasteiger partial charge in [-0.25, -0.2) is 9.78 Å². The molecule has 130 valence electrons. The summed E-state index contributed by atoms with van der Waals surface area (Å²) in [5.41, 5.74) is 1.20. The molecule has 0 saturated carbocycles. The Balaban J connectivity index is 1.77. The first-order valence-electron chi connectivity index (χ1n) is 8.38. The number of aromatic amines is 1. The molecule has 5 nitrogen and oxygen atoms in total. The average molecular weight is 429 g/mol. The van der Waals surface area contributed by atoms with Crippen LogP contribution in [0.2, 0.25) is 0 Å². The number of H-pyrrole nitrogens is 1. The summed E-state index contributed by atoms with van der Waals surface area (Å²) in [4.78, 5) is 34.5. The molecule has 1 N–H and O–H groups in total. The Kier molecular flexibility index (Phi) is 3.62. The predicted octanol–water partition coefficient (Wildman–Crippen LogP) is 4.40. The number of aromatic nitrogens is 2. The van der Waals surface area contributed by atoms with Gasteiger partial charge in [0, 0.05) is 14.7 Å². The molecule has 5 rings (SSSR count). The standard InChI is InChI=1S/C19H13BrN2O3S/c20-10-5-6-13-9(7-10)8-12(19(24)25-13)16-21-17(23)15-11-3-1-2-4-14(11)26-18(15)22-16/h5-8H,1-4H2,(H,21,22,23). The first-order valence-corrected chi connectivity index (χ1v) is 9.99. The summed E-state index contributed by atoms with van der Waals surface area (Å²) in [6.07, 6.45) is 4.17. The lowest BCUT2D eigenvalue weighted by Gasteiger charge is -2.09. The Morgan fingerprint density at radius 2 is 2.00 bits per heavy atom. The molecule has 7 heteroatoms. The molecule has 0 atom stereocenters. The third kappa shape index (κ3) is 2.46. The lowest BCUT2D eigenvalue weighted by atomic mass is 9.97. The number of benzene rings is 1. The van der Waals surface area contributed by atoms with Crippen molar-refractivity contribution in [1.82, 2.24) is 9.97 Å². The highest BCUT2D eigenvalue weighted by molar-refractivity contribution is 9.10. The Morgan fingerprint density at radius 1 is 1.15 bits per heavy atom. The van der Waals surface area contributed by atoms with Gasteiger partial charge in [-0.3, -0.25) is 4.79 Å². The third-order valence-electron chi connectivity index (χ3n) is 4.77. The Hall–Kier alpha value is -2.25. The summed E-state index contributed by atoms with van der Waals surface area (Å²) in [6.45, 7) is 0. The van der Waals surface area contributed by atoms with Gasteiger partial charge in [-0.05, 0) is 55.5 Å². The molecule has 0 unspecified atom stereocenters. The van der Waals surface area contributed by atoms with E-state index in [-0.39, 0.29) is 16.9 Å². The first kappa shape index (κ1) is 16.0. The van der Waals surface area contributed by atoms with E-state index in [0.717, 1.165) is 41.1 Å². The highest BCUT2D eigenvalue weighted by Gasteiger charge is 2.21. The maximum atomic E-state index is 12.7. The Labute approximate surface area is 159 Å². The molecule has 0 bridgehead atoms. The lowest BCUT2D eigenvalue weighted by molar-refractivity contribution is 0.562. The largest absolute Gasteiger partial charge is 0.422 e. The molecule has 1 aliphatic carbocycles. The maximum absolute atomic E-state index is 12.7. The average Bonchev–Trinajstić information content (AvgIpc) is 3.00. The highest BCUT2D eigenvalue weighted by Crippen LogP contribution is 2.34. The molecule has 0 fully saturated rings. The Morgan fingerprint density at radius 3 is 2.88 bits per heavy atom. The second kappa shape index (κ2) is 5.89. The summed E-state index contributed by atoms with van der Waals surface area (Å²) in [5, 5.41) is 1.45. The normalized spacial score (nSPS) is 14.0. The zero-order chi connectivity index (χ0) is 17.8. The smallest absolute Gasteiger partial charge is 0.347 e. The number of thiophene rings is 1. The van der Waals surface area contributed by atoms with Gasteiger partial charge in [0.2, 0.25) is 0 Å². The van der Waals surface area contributed by atoms with Crippen LogP contribution in [0, 0.1) is 0 Å². The number of aryl methyl sites for hydroxylation is 2. The van der Waals surface area contributed by atoms with Crippen molar-refractivity contribution in [2.75, 3.05) is 0 Å². The molecule has 0 aliphatic heterocycles. The molecule has 0 radical (unpaired) electrons. The molecular weight excluding hydrogens is 416 g/mol. The number of nitrogens with one attached hydrogen (secondary N) is 1. The summed E-state index contributed by atoms with van der Waals surface area (Å²) in [7, 11) is 0. The van der Waals surface area contributed by atoms with Gasteiger partial charge in [0.1, 0.15) is 21.8 Å². The number of halogens is 1. The van der Waals surface area contributed by atoms with Crippen molar-refractivity contribution >= 4 is 48.5 Å². The van der Waals surface area contributed by atoms with Crippen molar-refractivity contribution in [3.8, 4) is 11.4 Å². The zero-order valence-electron chi connectivity index (χ0n) is 13.6. The van der Waals surface area contributed by atoms with Crippen LogP contribution in [-0.4, -0.2) is 9.97 Å². The van der Waals surface area contributed by atoms with E-state index >= 15 is 0 Å². The first-order chi connectivity index (χ1) is 12.6. The SMILES string of the molecule is O=c1oc2ccc(Br)cc2cc1-c1nc2sc3c(c2c(=O)[nH]1)CCCC3. The molecule has 4 aromatic rings. The summed E-state index contributed by atoms with van der Waals surface area (Å²) < 4.78 is 6.28. The molecule has 0 saturated heterocycles. The minimum absolute atomic E-state index is 0.182. The van der Waals surface area contributed by atoms with Crippen LogP contribution < -0.4 is 11.2 Å². The number of rotatable bonds is 1. The van der Waals surface area contributed by atoms with Gasteiger partial charge in [-0.2, -0.15) is 0 Å². The van der Waals surface area contributed by atoms with Crippen LogP contribution in [0.25, 0.3) is 32.6 Å². The summed E-state index contributed by atoms with van der Waals surface area (Å²) in [5.74, 6) is 0.261. The maximum Gasteiger partial charge on any atom is 0.347 e. The van der Waals surface area contributed by atoms with E-state index in [1.165, 1.54) is 4.88 Å². The fourth-order valence-electron chi connectivity index (χ4n) is 3.55. The van der Waals surface area contributed by atoms with Crippen LogP contribution in [0.5, 0.6) is 0 Å². The number of nitrogens with zero attached hydrogens (tertiary/aromatic N) is 1.